The maximum atomic E-state index is 11.6. The molecule has 98 valence electrons. The largest absolute Gasteiger partial charge is 0.481 e. The zero-order valence-corrected chi connectivity index (χ0v) is 10.8. The van der Waals surface area contributed by atoms with E-state index < -0.39 is 5.97 Å². The van der Waals surface area contributed by atoms with E-state index in [1.165, 1.54) is 4.90 Å². The molecule has 0 aromatic rings. The Balaban J connectivity index is 4.03. The van der Waals surface area contributed by atoms with E-state index in [2.05, 4.69) is 11.9 Å². The summed E-state index contributed by atoms with van der Waals surface area (Å²) in [6.07, 6.45) is 0.817. The molecule has 0 heterocycles. The van der Waals surface area contributed by atoms with Crippen molar-refractivity contribution < 1.29 is 14.7 Å². The molecule has 0 saturated heterocycles. The smallest absolute Gasteiger partial charge is 0.317 e. The van der Waals surface area contributed by atoms with Crippen LogP contribution in [0, 0.1) is 5.92 Å². The van der Waals surface area contributed by atoms with Crippen molar-refractivity contribution in [1.82, 2.24) is 10.2 Å². The first-order valence-electron chi connectivity index (χ1n) is 5.71. The molecule has 0 aliphatic carbocycles. The van der Waals surface area contributed by atoms with Gasteiger partial charge in [0, 0.05) is 26.6 Å². The molecule has 0 rings (SSSR count). The second kappa shape index (κ2) is 7.70. The molecule has 0 bridgehead atoms. The van der Waals surface area contributed by atoms with Crippen LogP contribution in [0.4, 0.5) is 4.79 Å². The number of rotatable bonds is 7. The van der Waals surface area contributed by atoms with E-state index in [1.807, 2.05) is 13.8 Å². The Morgan fingerprint density at radius 2 is 2.06 bits per heavy atom. The van der Waals surface area contributed by atoms with Gasteiger partial charge in [-0.3, -0.25) is 4.79 Å². The van der Waals surface area contributed by atoms with E-state index in [9.17, 15) is 9.59 Å². The maximum Gasteiger partial charge on any atom is 0.317 e. The van der Waals surface area contributed by atoms with Gasteiger partial charge in [0.15, 0.2) is 0 Å². The predicted molar refractivity (Wildman–Crippen MR) is 66.9 cm³/mol. The van der Waals surface area contributed by atoms with Crippen molar-refractivity contribution in [2.45, 2.75) is 26.7 Å². The molecule has 0 aromatic heterocycles. The lowest BCUT2D eigenvalue weighted by Gasteiger charge is -2.20. The minimum absolute atomic E-state index is 0.0188. The second-order valence-electron chi connectivity index (χ2n) is 4.37. The summed E-state index contributed by atoms with van der Waals surface area (Å²) in [6.45, 7) is 8.39. The van der Waals surface area contributed by atoms with Crippen molar-refractivity contribution >= 4 is 12.0 Å². The normalized spacial score (nSPS) is 11.7. The highest BCUT2D eigenvalue weighted by Gasteiger charge is 2.14. The number of aliphatic carboxylic acids is 1. The fourth-order valence-corrected chi connectivity index (χ4v) is 1.45. The molecule has 2 N–H and O–H groups in total. The van der Waals surface area contributed by atoms with Crippen LogP contribution >= 0.6 is 0 Å². The summed E-state index contributed by atoms with van der Waals surface area (Å²) in [5.74, 6) is -0.851. The van der Waals surface area contributed by atoms with Crippen LogP contribution < -0.4 is 5.32 Å². The van der Waals surface area contributed by atoms with Crippen molar-refractivity contribution in [1.29, 1.82) is 0 Å². The van der Waals surface area contributed by atoms with Crippen molar-refractivity contribution in [2.24, 2.45) is 5.92 Å². The third kappa shape index (κ3) is 7.38. The summed E-state index contributed by atoms with van der Waals surface area (Å²) in [5.41, 5.74) is 0.903. The fourth-order valence-electron chi connectivity index (χ4n) is 1.45. The number of amides is 2. The van der Waals surface area contributed by atoms with Crippen LogP contribution in [0.15, 0.2) is 12.2 Å². The lowest BCUT2D eigenvalue weighted by molar-refractivity contribution is -0.138. The minimum atomic E-state index is -0.832. The van der Waals surface area contributed by atoms with Crippen LogP contribution in [0.3, 0.4) is 0 Å². The highest BCUT2D eigenvalue weighted by atomic mass is 16.4. The molecule has 0 radical (unpaired) electrons. The Morgan fingerprint density at radius 3 is 2.47 bits per heavy atom. The Morgan fingerprint density at radius 1 is 1.47 bits per heavy atom. The number of nitrogens with zero attached hydrogens (tertiary/aromatic N) is 1. The van der Waals surface area contributed by atoms with Crippen LogP contribution in [0.2, 0.25) is 0 Å². The first-order valence-corrected chi connectivity index (χ1v) is 5.71. The lowest BCUT2D eigenvalue weighted by atomic mass is 10.0. The number of hydrogen-bond acceptors (Lipinski definition) is 2. The molecule has 0 aliphatic rings. The Hall–Kier alpha value is -1.52. The quantitative estimate of drug-likeness (QED) is 0.668. The van der Waals surface area contributed by atoms with Crippen LogP contribution in [0.1, 0.15) is 26.7 Å². The molecule has 1 unspecified atom stereocenters. The third-order valence-corrected chi connectivity index (χ3v) is 2.44. The summed E-state index contributed by atoms with van der Waals surface area (Å²) < 4.78 is 0. The molecule has 0 aliphatic heterocycles. The van der Waals surface area contributed by atoms with E-state index in [0.717, 1.165) is 12.0 Å². The second-order valence-corrected chi connectivity index (χ2v) is 4.37. The minimum Gasteiger partial charge on any atom is -0.481 e. The number of urea groups is 1. The number of carboxylic acids is 1. The Labute approximate surface area is 102 Å². The maximum absolute atomic E-state index is 11.6. The molecule has 1 atom stereocenters. The summed E-state index contributed by atoms with van der Waals surface area (Å²) in [4.78, 5) is 23.7. The van der Waals surface area contributed by atoms with Gasteiger partial charge in [-0.15, -0.1) is 0 Å². The molecule has 0 fully saturated rings. The van der Waals surface area contributed by atoms with E-state index in [-0.39, 0.29) is 18.4 Å². The fraction of sp³-hybridized carbons (Fsp3) is 0.667. The zero-order chi connectivity index (χ0) is 13.4. The highest BCUT2D eigenvalue weighted by molar-refractivity contribution is 5.74. The van der Waals surface area contributed by atoms with Crippen LogP contribution in [-0.4, -0.2) is 42.1 Å². The molecule has 17 heavy (non-hydrogen) atoms. The molecule has 5 nitrogen and oxygen atoms in total. The van der Waals surface area contributed by atoms with Gasteiger partial charge in [-0.1, -0.05) is 25.5 Å². The first-order chi connectivity index (χ1) is 7.86. The van der Waals surface area contributed by atoms with E-state index in [0.29, 0.717) is 13.1 Å². The van der Waals surface area contributed by atoms with E-state index >= 15 is 0 Å². The topological polar surface area (TPSA) is 69.6 Å². The number of likely N-dealkylation sites (N-methyl/N-ethyl adjacent to an activating group) is 1. The average Bonchev–Trinajstić information content (AvgIpc) is 2.22. The average molecular weight is 242 g/mol. The predicted octanol–water partition coefficient (Wildman–Crippen LogP) is 1.70. The van der Waals surface area contributed by atoms with E-state index in [4.69, 9.17) is 5.11 Å². The Kier molecular flexibility index (Phi) is 7.02. The molecule has 5 heteroatoms. The summed E-state index contributed by atoms with van der Waals surface area (Å²) >= 11 is 0. The van der Waals surface area contributed by atoms with Gasteiger partial charge in [-0.2, -0.15) is 0 Å². The van der Waals surface area contributed by atoms with Gasteiger partial charge in [-0.25, -0.2) is 4.79 Å². The van der Waals surface area contributed by atoms with Crippen molar-refractivity contribution in [2.75, 3.05) is 20.1 Å². The SMILES string of the molecule is C=C(C)CN(C)C(=O)NCC(CC)CC(=O)O. The number of carboxylic acid groups (broad SMARTS) is 1. The van der Waals surface area contributed by atoms with Gasteiger partial charge in [-0.05, 0) is 12.8 Å². The highest BCUT2D eigenvalue weighted by Crippen LogP contribution is 2.06. The third-order valence-electron chi connectivity index (χ3n) is 2.44. The molecular formula is C12H22N2O3. The molecule has 2 amide bonds. The van der Waals surface area contributed by atoms with Crippen LogP contribution in [0.25, 0.3) is 0 Å². The molecular weight excluding hydrogens is 220 g/mol. The van der Waals surface area contributed by atoms with Crippen molar-refractivity contribution in [3.05, 3.63) is 12.2 Å². The molecule has 0 saturated carbocycles. The van der Waals surface area contributed by atoms with Crippen LogP contribution in [-0.2, 0) is 4.79 Å². The van der Waals surface area contributed by atoms with Gasteiger partial charge in [0.25, 0.3) is 0 Å². The molecule has 0 aromatic carbocycles. The Bertz CT molecular complexity index is 289. The summed E-state index contributed by atoms with van der Waals surface area (Å²) in [6, 6.07) is -0.197. The number of carbonyl (C=O) groups is 2. The summed E-state index contributed by atoms with van der Waals surface area (Å²) in [5, 5.41) is 11.4. The van der Waals surface area contributed by atoms with E-state index in [1.54, 1.807) is 7.05 Å². The monoisotopic (exact) mass is 242 g/mol. The standard InChI is InChI=1S/C12H22N2O3/c1-5-10(6-11(15)16)7-13-12(17)14(4)8-9(2)3/h10H,2,5-8H2,1,3-4H3,(H,13,17)(H,15,16). The first kappa shape index (κ1) is 15.5. The van der Waals surface area contributed by atoms with Gasteiger partial charge in [0.2, 0.25) is 0 Å². The van der Waals surface area contributed by atoms with Gasteiger partial charge < -0.3 is 15.3 Å². The molecule has 0 spiro atoms. The number of nitrogens with one attached hydrogen (secondary N) is 1. The number of hydrogen-bond donors (Lipinski definition) is 2. The van der Waals surface area contributed by atoms with Crippen molar-refractivity contribution in [3.8, 4) is 0 Å². The number of carbonyl (C=O) groups excluding carboxylic acids is 1. The zero-order valence-electron chi connectivity index (χ0n) is 10.8. The van der Waals surface area contributed by atoms with Gasteiger partial charge in [0.1, 0.15) is 0 Å². The van der Waals surface area contributed by atoms with Gasteiger partial charge in [0.05, 0.1) is 0 Å². The summed E-state index contributed by atoms with van der Waals surface area (Å²) in [7, 11) is 1.68. The van der Waals surface area contributed by atoms with Crippen LogP contribution in [0.5, 0.6) is 0 Å². The van der Waals surface area contributed by atoms with Gasteiger partial charge >= 0.3 is 12.0 Å². The van der Waals surface area contributed by atoms with Crippen molar-refractivity contribution in [3.63, 3.8) is 0 Å². The lowest BCUT2D eigenvalue weighted by Crippen LogP contribution is -2.40.